The van der Waals surface area contributed by atoms with E-state index in [2.05, 4.69) is 15.1 Å². The van der Waals surface area contributed by atoms with Gasteiger partial charge in [0.2, 0.25) is 0 Å². The summed E-state index contributed by atoms with van der Waals surface area (Å²) in [6, 6.07) is 13.1. The zero-order valence-electron chi connectivity index (χ0n) is 20.6. The fourth-order valence-electron chi connectivity index (χ4n) is 5.02. The number of benzene rings is 2. The van der Waals surface area contributed by atoms with Gasteiger partial charge in [0, 0.05) is 42.3 Å². The van der Waals surface area contributed by atoms with Crippen molar-refractivity contribution in [1.82, 2.24) is 20.0 Å². The van der Waals surface area contributed by atoms with Gasteiger partial charge < -0.3 is 19.1 Å². The molecule has 0 saturated carbocycles. The number of nitrogens with one attached hydrogen (secondary N) is 1. The Bertz CT molecular complexity index is 1210. The average Bonchev–Trinajstić information content (AvgIpc) is 3.45. The first-order valence-corrected chi connectivity index (χ1v) is 12.7. The Kier molecular flexibility index (Phi) is 7.46. The highest BCUT2D eigenvalue weighted by Gasteiger charge is 2.42. The summed E-state index contributed by atoms with van der Waals surface area (Å²) in [6.45, 7) is 7.40. The van der Waals surface area contributed by atoms with Gasteiger partial charge in [0.25, 0.3) is 5.91 Å². The molecule has 2 aliphatic heterocycles. The molecule has 1 aromatic heterocycles. The summed E-state index contributed by atoms with van der Waals surface area (Å²) in [5, 5.41) is 8.22. The number of hydrogen-bond acceptors (Lipinski definition) is 6. The van der Waals surface area contributed by atoms with Gasteiger partial charge in [-0.3, -0.25) is 14.8 Å². The lowest BCUT2D eigenvalue weighted by Crippen LogP contribution is -2.38. The zero-order chi connectivity index (χ0) is 25.1. The minimum absolute atomic E-state index is 0.0439. The molecule has 2 aliphatic rings. The quantitative estimate of drug-likeness (QED) is 0.459. The highest BCUT2D eigenvalue weighted by atomic mass is 35.5. The number of nitrogens with zero attached hydrogens (tertiary/aromatic N) is 3. The third-order valence-corrected chi connectivity index (χ3v) is 7.01. The molecule has 36 heavy (non-hydrogen) atoms. The number of hydrogen-bond donors (Lipinski definition) is 1. The van der Waals surface area contributed by atoms with Crippen LogP contribution < -0.4 is 9.47 Å². The number of rotatable bonds is 9. The largest absolute Gasteiger partial charge is 0.493 e. The van der Waals surface area contributed by atoms with E-state index in [0.717, 1.165) is 61.7 Å². The van der Waals surface area contributed by atoms with Crippen LogP contribution in [0.4, 0.5) is 0 Å². The van der Waals surface area contributed by atoms with E-state index in [0.29, 0.717) is 35.4 Å². The maximum absolute atomic E-state index is 13.6. The van der Waals surface area contributed by atoms with Crippen LogP contribution in [0.25, 0.3) is 11.3 Å². The van der Waals surface area contributed by atoms with Crippen molar-refractivity contribution in [3.8, 4) is 22.8 Å². The van der Waals surface area contributed by atoms with Crippen molar-refractivity contribution in [1.29, 1.82) is 0 Å². The zero-order valence-corrected chi connectivity index (χ0v) is 21.4. The van der Waals surface area contributed by atoms with Gasteiger partial charge >= 0.3 is 0 Å². The smallest absolute Gasteiger partial charge is 0.273 e. The topological polar surface area (TPSA) is 79.9 Å². The Balaban J connectivity index is 1.50. The van der Waals surface area contributed by atoms with Gasteiger partial charge in [-0.05, 0) is 43.2 Å². The molecule has 1 fully saturated rings. The Morgan fingerprint density at radius 3 is 2.61 bits per heavy atom. The molecule has 1 atom stereocenters. The number of morpholine rings is 1. The second-order valence-corrected chi connectivity index (χ2v) is 9.36. The number of ether oxygens (including phenoxy) is 3. The number of H-pyrrole nitrogens is 1. The summed E-state index contributed by atoms with van der Waals surface area (Å²) < 4.78 is 16.8. The lowest BCUT2D eigenvalue weighted by Gasteiger charge is -2.30. The van der Waals surface area contributed by atoms with Crippen molar-refractivity contribution in [2.24, 2.45) is 0 Å². The van der Waals surface area contributed by atoms with Crippen LogP contribution in [0.3, 0.4) is 0 Å². The van der Waals surface area contributed by atoms with Crippen LogP contribution in [0, 0.1) is 0 Å². The lowest BCUT2D eigenvalue weighted by molar-refractivity contribution is 0.0354. The Morgan fingerprint density at radius 2 is 1.89 bits per heavy atom. The van der Waals surface area contributed by atoms with Crippen LogP contribution in [0.15, 0.2) is 42.5 Å². The fourth-order valence-corrected chi connectivity index (χ4v) is 5.15. The SMILES string of the molecule is CCOc1ccc(C2c3c(-c4ccc(Cl)cc4)n[nH]c3C(=O)N2CCCN2CCOCC2)cc1OC. The van der Waals surface area contributed by atoms with Crippen LogP contribution in [-0.4, -0.2) is 79.0 Å². The lowest BCUT2D eigenvalue weighted by atomic mass is 9.95. The second-order valence-electron chi connectivity index (χ2n) is 8.92. The van der Waals surface area contributed by atoms with Crippen molar-refractivity contribution in [3.63, 3.8) is 0 Å². The molecule has 0 spiro atoms. The standard InChI is InChI=1S/C27H31ClN4O4/c1-3-36-21-10-7-19(17-22(21)34-2)26-23-24(18-5-8-20(28)9-6-18)29-30-25(23)27(33)32(26)12-4-11-31-13-15-35-16-14-31/h5-10,17,26H,3-4,11-16H2,1-2H3,(H,29,30). The van der Waals surface area contributed by atoms with E-state index in [-0.39, 0.29) is 11.9 Å². The minimum Gasteiger partial charge on any atom is -0.493 e. The molecule has 9 heteroatoms. The highest BCUT2D eigenvalue weighted by Crippen LogP contribution is 2.44. The predicted molar refractivity (Wildman–Crippen MR) is 138 cm³/mol. The molecule has 1 unspecified atom stereocenters. The Hall–Kier alpha value is -3.07. The van der Waals surface area contributed by atoms with Crippen molar-refractivity contribution in [2.75, 3.05) is 53.1 Å². The number of amides is 1. The molecule has 0 bridgehead atoms. The van der Waals surface area contributed by atoms with Crippen molar-refractivity contribution in [2.45, 2.75) is 19.4 Å². The van der Waals surface area contributed by atoms with Gasteiger partial charge in [0.05, 0.1) is 38.7 Å². The monoisotopic (exact) mass is 510 g/mol. The molecule has 1 amide bonds. The number of aromatic amines is 1. The van der Waals surface area contributed by atoms with Gasteiger partial charge in [0.15, 0.2) is 11.5 Å². The first-order chi connectivity index (χ1) is 17.6. The molecule has 2 aromatic carbocycles. The van der Waals surface area contributed by atoms with Crippen LogP contribution in [0.5, 0.6) is 11.5 Å². The van der Waals surface area contributed by atoms with E-state index in [1.807, 2.05) is 54.3 Å². The molecule has 5 rings (SSSR count). The maximum atomic E-state index is 13.6. The number of fused-ring (bicyclic) bond motifs is 1. The van der Waals surface area contributed by atoms with Crippen molar-refractivity contribution in [3.05, 3.63) is 64.3 Å². The van der Waals surface area contributed by atoms with Crippen LogP contribution in [0.2, 0.25) is 5.02 Å². The molecule has 190 valence electrons. The first kappa shape index (κ1) is 24.6. The number of methoxy groups -OCH3 is 1. The third-order valence-electron chi connectivity index (χ3n) is 6.76. The van der Waals surface area contributed by atoms with Crippen LogP contribution in [0.1, 0.15) is 41.0 Å². The first-order valence-electron chi connectivity index (χ1n) is 12.4. The number of carbonyl (C=O) groups excluding carboxylic acids is 1. The van der Waals surface area contributed by atoms with E-state index in [4.69, 9.17) is 25.8 Å². The van der Waals surface area contributed by atoms with Gasteiger partial charge in [-0.15, -0.1) is 0 Å². The number of aromatic nitrogens is 2. The maximum Gasteiger partial charge on any atom is 0.273 e. The van der Waals surface area contributed by atoms with E-state index >= 15 is 0 Å². The summed E-state index contributed by atoms with van der Waals surface area (Å²) in [4.78, 5) is 18.0. The van der Waals surface area contributed by atoms with E-state index < -0.39 is 0 Å². The number of carbonyl (C=O) groups is 1. The molecular formula is C27H31ClN4O4. The molecule has 1 saturated heterocycles. The predicted octanol–water partition coefficient (Wildman–Crippen LogP) is 4.40. The van der Waals surface area contributed by atoms with Gasteiger partial charge in [0.1, 0.15) is 5.69 Å². The molecular weight excluding hydrogens is 480 g/mol. The van der Waals surface area contributed by atoms with Crippen molar-refractivity contribution < 1.29 is 19.0 Å². The van der Waals surface area contributed by atoms with Gasteiger partial charge in [-0.1, -0.05) is 29.8 Å². The molecule has 8 nitrogen and oxygen atoms in total. The Morgan fingerprint density at radius 1 is 1.11 bits per heavy atom. The summed E-state index contributed by atoms with van der Waals surface area (Å²) in [5.41, 5.74) is 4.01. The number of halogens is 1. The van der Waals surface area contributed by atoms with E-state index in [1.54, 1.807) is 7.11 Å². The molecule has 3 heterocycles. The molecule has 0 aliphatic carbocycles. The van der Waals surface area contributed by atoms with Gasteiger partial charge in [-0.2, -0.15) is 5.10 Å². The second kappa shape index (κ2) is 10.9. The minimum atomic E-state index is -0.300. The van der Waals surface area contributed by atoms with Crippen LogP contribution >= 0.6 is 11.6 Å². The molecule has 1 N–H and O–H groups in total. The van der Waals surface area contributed by atoms with Gasteiger partial charge in [-0.25, -0.2) is 0 Å². The Labute approximate surface area is 216 Å². The molecule has 3 aromatic rings. The molecule has 0 radical (unpaired) electrons. The van der Waals surface area contributed by atoms with E-state index in [1.165, 1.54) is 0 Å². The summed E-state index contributed by atoms with van der Waals surface area (Å²) in [7, 11) is 1.63. The third kappa shape index (κ3) is 4.81. The summed E-state index contributed by atoms with van der Waals surface area (Å²) in [6.07, 6.45) is 0.865. The van der Waals surface area contributed by atoms with Crippen LogP contribution in [-0.2, 0) is 4.74 Å². The normalized spacial score (nSPS) is 17.9. The highest BCUT2D eigenvalue weighted by molar-refractivity contribution is 6.30. The van der Waals surface area contributed by atoms with E-state index in [9.17, 15) is 4.79 Å². The average molecular weight is 511 g/mol. The fraction of sp³-hybridized carbons (Fsp3) is 0.407. The summed E-state index contributed by atoms with van der Waals surface area (Å²) in [5.74, 6) is 1.27. The van der Waals surface area contributed by atoms with Crippen molar-refractivity contribution >= 4 is 17.5 Å². The summed E-state index contributed by atoms with van der Waals surface area (Å²) >= 11 is 6.13.